The molecule has 0 unspecified atom stereocenters. The second-order valence-electron chi connectivity index (χ2n) is 7.75. The van der Waals surface area contributed by atoms with E-state index in [-0.39, 0.29) is 17.7 Å². The third-order valence-corrected chi connectivity index (χ3v) is 7.19. The van der Waals surface area contributed by atoms with Crippen LogP contribution in [-0.2, 0) is 17.9 Å². The van der Waals surface area contributed by atoms with Crippen LogP contribution in [0.5, 0.6) is 0 Å². The van der Waals surface area contributed by atoms with Crippen molar-refractivity contribution in [3.05, 3.63) is 110 Å². The van der Waals surface area contributed by atoms with Crippen LogP contribution in [0.1, 0.15) is 16.7 Å². The third kappa shape index (κ3) is 4.64. The number of aromatic nitrogens is 1. The highest BCUT2D eigenvalue weighted by molar-refractivity contribution is 9.10. The molecule has 0 spiro atoms. The summed E-state index contributed by atoms with van der Waals surface area (Å²) in [6, 6.07) is 23.4. The number of hydrogen-bond donors (Lipinski definition) is 0. The number of imide groups is 1. The molecule has 1 saturated heterocycles. The smallest absolute Gasteiger partial charge is 0.293 e. The molecule has 4 aromatic rings. The van der Waals surface area contributed by atoms with Crippen LogP contribution in [0.4, 0.5) is 4.79 Å². The molecule has 1 fully saturated rings. The standard InChI is InChI=1S/C26H18BrClN2O2S/c27-20-9-5-18(6-10-20)15-30-25(31)24(33-26(30)32)13-19-16-29(23-4-2-1-3-22(19)23)14-17-7-11-21(28)12-8-17/h1-13,16H,14-15H2/b24-13-. The van der Waals surface area contributed by atoms with Gasteiger partial charge in [-0.3, -0.25) is 14.5 Å². The fraction of sp³-hybridized carbons (Fsp3) is 0.0769. The Morgan fingerprint density at radius 1 is 0.879 bits per heavy atom. The van der Waals surface area contributed by atoms with Crippen LogP contribution in [0.15, 0.2) is 88.4 Å². The lowest BCUT2D eigenvalue weighted by molar-refractivity contribution is -0.123. The van der Waals surface area contributed by atoms with Crippen LogP contribution in [0, 0.1) is 0 Å². The SMILES string of the molecule is O=C1S/C(=C\c2cn(Cc3ccc(Cl)cc3)c3ccccc23)C(=O)N1Cc1ccc(Br)cc1. The summed E-state index contributed by atoms with van der Waals surface area (Å²) in [6.45, 7) is 0.935. The van der Waals surface area contributed by atoms with Gasteiger partial charge in [-0.05, 0) is 59.3 Å². The van der Waals surface area contributed by atoms with E-state index in [9.17, 15) is 9.59 Å². The number of fused-ring (bicyclic) bond motifs is 1. The van der Waals surface area contributed by atoms with Gasteiger partial charge >= 0.3 is 0 Å². The number of carbonyl (C=O) groups is 2. The van der Waals surface area contributed by atoms with Crippen LogP contribution in [0.25, 0.3) is 17.0 Å². The highest BCUT2D eigenvalue weighted by Crippen LogP contribution is 2.35. The highest BCUT2D eigenvalue weighted by Gasteiger charge is 2.35. The van der Waals surface area contributed by atoms with Gasteiger partial charge in [0, 0.05) is 38.7 Å². The molecular formula is C26H18BrClN2O2S. The summed E-state index contributed by atoms with van der Waals surface area (Å²) in [5.74, 6) is -0.262. The minimum atomic E-state index is -0.262. The van der Waals surface area contributed by atoms with Crippen molar-refractivity contribution in [2.75, 3.05) is 0 Å². The molecule has 0 N–H and O–H groups in total. The van der Waals surface area contributed by atoms with Crippen LogP contribution in [0.2, 0.25) is 5.02 Å². The molecule has 0 atom stereocenters. The van der Waals surface area contributed by atoms with Gasteiger partial charge in [-0.1, -0.05) is 70.0 Å². The average Bonchev–Trinajstić information content (AvgIpc) is 3.29. The van der Waals surface area contributed by atoms with E-state index in [2.05, 4.69) is 26.6 Å². The van der Waals surface area contributed by atoms with Gasteiger partial charge in [0.25, 0.3) is 11.1 Å². The summed E-state index contributed by atoms with van der Waals surface area (Å²) in [7, 11) is 0. The van der Waals surface area contributed by atoms with Crippen molar-refractivity contribution in [2.24, 2.45) is 0 Å². The number of amides is 2. The largest absolute Gasteiger partial charge is 0.342 e. The predicted molar refractivity (Wildman–Crippen MR) is 138 cm³/mol. The number of rotatable bonds is 5. The van der Waals surface area contributed by atoms with Crippen LogP contribution in [0.3, 0.4) is 0 Å². The number of nitrogens with zero attached hydrogens (tertiary/aromatic N) is 2. The predicted octanol–water partition coefficient (Wildman–Crippen LogP) is 7.34. The first-order valence-electron chi connectivity index (χ1n) is 10.3. The Labute approximate surface area is 209 Å². The maximum atomic E-state index is 13.0. The Kier molecular flexibility index (Phi) is 6.15. The summed E-state index contributed by atoms with van der Waals surface area (Å²) in [5, 5.41) is 1.49. The van der Waals surface area contributed by atoms with E-state index in [1.165, 1.54) is 4.90 Å². The molecule has 0 saturated carbocycles. The zero-order valence-corrected chi connectivity index (χ0v) is 20.5. The first-order valence-corrected chi connectivity index (χ1v) is 12.3. The van der Waals surface area contributed by atoms with E-state index in [4.69, 9.17) is 11.6 Å². The molecule has 1 aliphatic heterocycles. The molecule has 33 heavy (non-hydrogen) atoms. The topological polar surface area (TPSA) is 42.3 Å². The second kappa shape index (κ2) is 9.21. The van der Waals surface area contributed by atoms with E-state index in [0.717, 1.165) is 43.8 Å². The lowest BCUT2D eigenvalue weighted by Gasteiger charge is -2.12. The summed E-state index contributed by atoms with van der Waals surface area (Å²) >= 11 is 10.4. The maximum Gasteiger partial charge on any atom is 0.293 e. The van der Waals surface area contributed by atoms with Crippen molar-refractivity contribution in [2.45, 2.75) is 13.1 Å². The number of para-hydroxylation sites is 1. The Morgan fingerprint density at radius 2 is 1.55 bits per heavy atom. The van der Waals surface area contributed by atoms with Crippen molar-refractivity contribution in [3.8, 4) is 0 Å². The van der Waals surface area contributed by atoms with E-state index >= 15 is 0 Å². The van der Waals surface area contributed by atoms with Gasteiger partial charge < -0.3 is 4.57 Å². The van der Waals surface area contributed by atoms with Crippen LogP contribution in [-0.4, -0.2) is 20.6 Å². The minimum Gasteiger partial charge on any atom is -0.342 e. The highest BCUT2D eigenvalue weighted by atomic mass is 79.9. The van der Waals surface area contributed by atoms with Crippen LogP contribution < -0.4 is 0 Å². The van der Waals surface area contributed by atoms with E-state index in [1.54, 1.807) is 0 Å². The van der Waals surface area contributed by atoms with Crippen molar-refractivity contribution >= 4 is 67.4 Å². The molecular weight excluding hydrogens is 520 g/mol. The summed E-state index contributed by atoms with van der Waals surface area (Å²) < 4.78 is 3.10. The molecule has 0 bridgehead atoms. The lowest BCUT2D eigenvalue weighted by Crippen LogP contribution is -2.27. The average molecular weight is 538 g/mol. The summed E-state index contributed by atoms with van der Waals surface area (Å²) in [4.78, 5) is 27.4. The number of halogens is 2. The molecule has 3 aromatic carbocycles. The number of thioether (sulfide) groups is 1. The van der Waals surface area contributed by atoms with Crippen molar-refractivity contribution in [1.82, 2.24) is 9.47 Å². The Morgan fingerprint density at radius 3 is 2.30 bits per heavy atom. The minimum absolute atomic E-state index is 0.251. The van der Waals surface area contributed by atoms with Crippen LogP contribution >= 0.6 is 39.3 Å². The maximum absolute atomic E-state index is 13.0. The summed E-state index contributed by atoms with van der Waals surface area (Å²) in [5.41, 5.74) is 4.00. The first-order chi connectivity index (χ1) is 16.0. The molecule has 164 valence electrons. The number of hydrogen-bond acceptors (Lipinski definition) is 3. The van der Waals surface area contributed by atoms with E-state index < -0.39 is 0 Å². The van der Waals surface area contributed by atoms with E-state index in [1.807, 2.05) is 79.0 Å². The second-order valence-corrected chi connectivity index (χ2v) is 10.1. The zero-order valence-electron chi connectivity index (χ0n) is 17.4. The summed E-state index contributed by atoms with van der Waals surface area (Å²) in [6.07, 6.45) is 3.86. The third-order valence-electron chi connectivity index (χ3n) is 5.50. The molecule has 1 aliphatic rings. The van der Waals surface area contributed by atoms with Crippen molar-refractivity contribution < 1.29 is 9.59 Å². The van der Waals surface area contributed by atoms with E-state index in [0.29, 0.717) is 16.5 Å². The number of carbonyl (C=O) groups excluding carboxylic acids is 2. The van der Waals surface area contributed by atoms with Gasteiger partial charge in [-0.2, -0.15) is 0 Å². The normalized spacial score (nSPS) is 15.2. The molecule has 2 amide bonds. The lowest BCUT2D eigenvalue weighted by atomic mass is 10.1. The van der Waals surface area contributed by atoms with Gasteiger partial charge in [0.1, 0.15) is 0 Å². The van der Waals surface area contributed by atoms with Gasteiger partial charge in [0.15, 0.2) is 0 Å². The van der Waals surface area contributed by atoms with Gasteiger partial charge in [-0.15, -0.1) is 0 Å². The fourth-order valence-corrected chi connectivity index (χ4v) is 5.08. The zero-order chi connectivity index (χ0) is 22.9. The molecule has 4 nitrogen and oxygen atoms in total. The molecule has 2 heterocycles. The molecule has 0 aliphatic carbocycles. The fourth-order valence-electron chi connectivity index (χ4n) is 3.86. The first kappa shape index (κ1) is 22.0. The van der Waals surface area contributed by atoms with Gasteiger partial charge in [0.05, 0.1) is 11.4 Å². The monoisotopic (exact) mass is 536 g/mol. The Balaban J connectivity index is 1.45. The van der Waals surface area contributed by atoms with Gasteiger partial charge in [0.2, 0.25) is 0 Å². The van der Waals surface area contributed by atoms with Crippen molar-refractivity contribution in [1.29, 1.82) is 0 Å². The molecule has 1 aromatic heterocycles. The van der Waals surface area contributed by atoms with Crippen molar-refractivity contribution in [3.63, 3.8) is 0 Å². The molecule has 5 rings (SSSR count). The quantitative estimate of drug-likeness (QED) is 0.250. The molecule has 7 heteroatoms. The Bertz CT molecular complexity index is 1390. The molecule has 0 radical (unpaired) electrons. The van der Waals surface area contributed by atoms with Gasteiger partial charge in [-0.25, -0.2) is 0 Å². The number of benzene rings is 3. The Hall–Kier alpha value is -2.80.